The van der Waals surface area contributed by atoms with Gasteiger partial charge in [-0.3, -0.25) is 4.79 Å². The molecule has 2 aromatic rings. The Kier molecular flexibility index (Phi) is 4.09. The third-order valence-electron chi connectivity index (χ3n) is 3.77. The van der Waals surface area contributed by atoms with Crippen LogP contribution in [0.15, 0.2) is 28.7 Å². The zero-order valence-corrected chi connectivity index (χ0v) is 13.6. The molecule has 0 aliphatic carbocycles. The monoisotopic (exact) mass is 334 g/mol. The minimum atomic E-state index is -0.359. The van der Waals surface area contributed by atoms with Gasteiger partial charge in [0.15, 0.2) is 5.78 Å². The first kappa shape index (κ1) is 14.9. The van der Waals surface area contributed by atoms with E-state index >= 15 is 0 Å². The molecule has 0 atom stereocenters. The second-order valence-electron chi connectivity index (χ2n) is 5.09. The molecule has 0 amide bonds. The Labute approximate surface area is 127 Å². The molecule has 2 rings (SSSR count). The summed E-state index contributed by atoms with van der Waals surface area (Å²) in [6, 6.07) is 6.24. The van der Waals surface area contributed by atoms with Crippen LogP contribution in [0.2, 0.25) is 0 Å². The van der Waals surface area contributed by atoms with Gasteiger partial charge in [-0.2, -0.15) is 0 Å². The van der Waals surface area contributed by atoms with Gasteiger partial charge in [-0.05, 0) is 84.1 Å². The van der Waals surface area contributed by atoms with E-state index in [1.165, 1.54) is 18.2 Å². The Morgan fingerprint density at radius 3 is 2.05 bits per heavy atom. The van der Waals surface area contributed by atoms with Crippen molar-refractivity contribution in [3.63, 3.8) is 0 Å². The number of rotatable bonds is 2. The summed E-state index contributed by atoms with van der Waals surface area (Å²) < 4.78 is 13.6. The van der Waals surface area contributed by atoms with Crippen molar-refractivity contribution >= 4 is 21.7 Å². The summed E-state index contributed by atoms with van der Waals surface area (Å²) in [5.41, 5.74) is 5.35. The van der Waals surface area contributed by atoms with Crippen molar-refractivity contribution in [1.82, 2.24) is 0 Å². The van der Waals surface area contributed by atoms with Crippen LogP contribution < -0.4 is 0 Å². The highest BCUT2D eigenvalue weighted by atomic mass is 79.9. The summed E-state index contributed by atoms with van der Waals surface area (Å²) in [6.07, 6.45) is 0. The molecule has 0 aromatic heterocycles. The zero-order valence-electron chi connectivity index (χ0n) is 12.0. The summed E-state index contributed by atoms with van der Waals surface area (Å²) in [7, 11) is 0. The summed E-state index contributed by atoms with van der Waals surface area (Å²) in [5.74, 6) is -0.430. The molecule has 0 radical (unpaired) electrons. The topological polar surface area (TPSA) is 17.1 Å². The molecule has 0 saturated carbocycles. The molecule has 0 bridgehead atoms. The van der Waals surface area contributed by atoms with Gasteiger partial charge in [0.2, 0.25) is 0 Å². The van der Waals surface area contributed by atoms with Crippen LogP contribution in [0.1, 0.15) is 38.2 Å². The molecule has 0 saturated heterocycles. The van der Waals surface area contributed by atoms with Crippen LogP contribution in [0, 0.1) is 33.5 Å². The van der Waals surface area contributed by atoms with Crippen LogP contribution in [0.25, 0.3) is 0 Å². The number of carbonyl (C=O) groups is 1. The van der Waals surface area contributed by atoms with E-state index in [1.807, 2.05) is 27.7 Å². The van der Waals surface area contributed by atoms with Gasteiger partial charge in [0.1, 0.15) is 5.82 Å². The normalized spacial score (nSPS) is 10.7. The molecular weight excluding hydrogens is 319 g/mol. The molecule has 104 valence electrons. The third kappa shape index (κ3) is 2.55. The second kappa shape index (κ2) is 5.49. The van der Waals surface area contributed by atoms with E-state index in [0.717, 1.165) is 27.8 Å². The molecule has 3 heteroatoms. The number of ketones is 1. The van der Waals surface area contributed by atoms with Crippen LogP contribution in [0.4, 0.5) is 4.39 Å². The van der Waals surface area contributed by atoms with Gasteiger partial charge in [0, 0.05) is 15.6 Å². The van der Waals surface area contributed by atoms with Gasteiger partial charge in [-0.25, -0.2) is 4.39 Å². The lowest BCUT2D eigenvalue weighted by atomic mass is 9.89. The van der Waals surface area contributed by atoms with Crippen molar-refractivity contribution in [3.8, 4) is 0 Å². The molecule has 20 heavy (non-hydrogen) atoms. The van der Waals surface area contributed by atoms with Crippen LogP contribution in [-0.2, 0) is 0 Å². The molecule has 1 nitrogen and oxygen atoms in total. The van der Waals surface area contributed by atoms with E-state index in [9.17, 15) is 9.18 Å². The van der Waals surface area contributed by atoms with Crippen LogP contribution in [0.3, 0.4) is 0 Å². The van der Waals surface area contributed by atoms with Gasteiger partial charge in [-0.1, -0.05) is 6.07 Å². The van der Waals surface area contributed by atoms with Crippen molar-refractivity contribution in [1.29, 1.82) is 0 Å². The Morgan fingerprint density at radius 1 is 1.00 bits per heavy atom. The summed E-state index contributed by atoms with van der Waals surface area (Å²) in [5, 5.41) is 0. The van der Waals surface area contributed by atoms with E-state index in [-0.39, 0.29) is 11.6 Å². The molecule has 0 heterocycles. The Balaban J connectivity index is 2.65. The molecule has 0 unspecified atom stereocenters. The van der Waals surface area contributed by atoms with Gasteiger partial charge in [0.05, 0.1) is 0 Å². The molecule has 0 spiro atoms. The van der Waals surface area contributed by atoms with Gasteiger partial charge in [0.25, 0.3) is 0 Å². The highest BCUT2D eigenvalue weighted by Gasteiger charge is 2.19. The van der Waals surface area contributed by atoms with Gasteiger partial charge >= 0.3 is 0 Å². The highest BCUT2D eigenvalue weighted by molar-refractivity contribution is 9.10. The summed E-state index contributed by atoms with van der Waals surface area (Å²) >= 11 is 3.27. The Bertz CT molecular complexity index is 678. The predicted molar refractivity (Wildman–Crippen MR) is 82.9 cm³/mol. The highest BCUT2D eigenvalue weighted by Crippen LogP contribution is 2.27. The number of carbonyl (C=O) groups excluding carboxylic acids is 1. The lowest BCUT2D eigenvalue weighted by Gasteiger charge is -2.15. The number of benzene rings is 2. The van der Waals surface area contributed by atoms with Crippen molar-refractivity contribution in [2.45, 2.75) is 27.7 Å². The number of hydrogen-bond acceptors (Lipinski definition) is 1. The van der Waals surface area contributed by atoms with Crippen molar-refractivity contribution in [3.05, 3.63) is 67.9 Å². The zero-order chi connectivity index (χ0) is 15.0. The van der Waals surface area contributed by atoms with Crippen molar-refractivity contribution in [2.75, 3.05) is 0 Å². The molecule has 2 aromatic carbocycles. The number of halogens is 2. The molecular formula is C17H16BrFO. The Hall–Kier alpha value is -1.48. The fraction of sp³-hybridized carbons (Fsp3) is 0.235. The van der Waals surface area contributed by atoms with E-state index in [4.69, 9.17) is 0 Å². The van der Waals surface area contributed by atoms with E-state index in [2.05, 4.69) is 22.0 Å². The minimum Gasteiger partial charge on any atom is -0.289 e. The van der Waals surface area contributed by atoms with Gasteiger partial charge in [-0.15, -0.1) is 0 Å². The maximum Gasteiger partial charge on any atom is 0.194 e. The average molecular weight is 335 g/mol. The quantitative estimate of drug-likeness (QED) is 0.702. The standard InChI is InChI=1S/C17H16BrFO/c1-9-7-10(2)12(4)16(11(9)3)17(20)14-6-5-13(19)8-15(14)18/h5-8H,1-4H3. The minimum absolute atomic E-state index is 0.0707. The van der Waals surface area contributed by atoms with E-state index in [0.29, 0.717) is 10.0 Å². The lowest BCUT2D eigenvalue weighted by Crippen LogP contribution is -2.09. The maximum absolute atomic E-state index is 13.2. The molecule has 0 aliphatic rings. The molecule has 0 N–H and O–H groups in total. The Morgan fingerprint density at radius 2 is 1.55 bits per heavy atom. The largest absolute Gasteiger partial charge is 0.289 e. The van der Waals surface area contributed by atoms with E-state index in [1.54, 1.807) is 0 Å². The first-order valence-corrected chi connectivity index (χ1v) is 7.19. The van der Waals surface area contributed by atoms with E-state index < -0.39 is 0 Å². The summed E-state index contributed by atoms with van der Waals surface area (Å²) in [6.45, 7) is 7.90. The van der Waals surface area contributed by atoms with Crippen LogP contribution in [0.5, 0.6) is 0 Å². The summed E-state index contributed by atoms with van der Waals surface area (Å²) in [4.78, 5) is 12.8. The second-order valence-corrected chi connectivity index (χ2v) is 5.94. The van der Waals surface area contributed by atoms with Crippen molar-refractivity contribution in [2.24, 2.45) is 0 Å². The maximum atomic E-state index is 13.2. The number of hydrogen-bond donors (Lipinski definition) is 0. The van der Waals surface area contributed by atoms with Crippen molar-refractivity contribution < 1.29 is 9.18 Å². The average Bonchev–Trinajstić information content (AvgIpc) is 2.36. The van der Waals surface area contributed by atoms with Gasteiger partial charge < -0.3 is 0 Å². The molecule has 0 aliphatic heterocycles. The van der Waals surface area contributed by atoms with Crippen LogP contribution >= 0.6 is 15.9 Å². The predicted octanol–water partition coefficient (Wildman–Crippen LogP) is 5.05. The lowest BCUT2D eigenvalue weighted by molar-refractivity contribution is 0.103. The number of aryl methyl sites for hydroxylation is 2. The molecule has 0 fully saturated rings. The fourth-order valence-corrected chi connectivity index (χ4v) is 2.90. The van der Waals surface area contributed by atoms with Crippen LogP contribution in [-0.4, -0.2) is 5.78 Å². The fourth-order valence-electron chi connectivity index (χ4n) is 2.37. The smallest absolute Gasteiger partial charge is 0.194 e. The first-order valence-electron chi connectivity index (χ1n) is 6.40. The third-order valence-corrected chi connectivity index (χ3v) is 4.42. The first-order chi connectivity index (χ1) is 9.32. The SMILES string of the molecule is Cc1cc(C)c(C)c(C(=O)c2ccc(F)cc2Br)c1C.